The number of aryl methyl sites for hydroxylation is 1. The van der Waals surface area contributed by atoms with Gasteiger partial charge in [-0.1, -0.05) is 45.4 Å². The number of hydrogen-bond acceptors (Lipinski definition) is 2. The first-order valence-electron chi connectivity index (χ1n) is 7.24. The maximum absolute atomic E-state index is 6.41. The molecule has 1 rings (SSSR count). The summed E-state index contributed by atoms with van der Waals surface area (Å²) in [6.07, 6.45) is 0.979. The predicted octanol–water partition coefficient (Wildman–Crippen LogP) is 4.47. The Morgan fingerprint density at radius 1 is 1.26 bits per heavy atom. The second kappa shape index (κ2) is 6.42. The number of nitrogens with two attached hydrogens (primary N) is 1. The standard InChI is InChI=1S/C17H29NO/c1-7-19-16-9-8-12(2)10-14(16)15(18)11-13(3)17(4,5)6/h8-10,13,15H,7,11,18H2,1-6H3. The van der Waals surface area contributed by atoms with E-state index in [0.29, 0.717) is 12.5 Å². The van der Waals surface area contributed by atoms with Crippen molar-refractivity contribution in [3.8, 4) is 5.75 Å². The van der Waals surface area contributed by atoms with Crippen LogP contribution in [0.4, 0.5) is 0 Å². The largest absolute Gasteiger partial charge is 0.494 e. The van der Waals surface area contributed by atoms with Crippen molar-refractivity contribution in [3.63, 3.8) is 0 Å². The highest BCUT2D eigenvalue weighted by Gasteiger charge is 2.24. The number of rotatable bonds is 5. The van der Waals surface area contributed by atoms with Crippen molar-refractivity contribution in [3.05, 3.63) is 29.3 Å². The molecule has 0 bridgehead atoms. The van der Waals surface area contributed by atoms with E-state index in [0.717, 1.165) is 17.7 Å². The molecule has 2 atom stereocenters. The number of hydrogen-bond donors (Lipinski definition) is 1. The van der Waals surface area contributed by atoms with Crippen molar-refractivity contribution in [1.29, 1.82) is 0 Å². The Bertz CT molecular complexity index is 406. The maximum Gasteiger partial charge on any atom is 0.124 e. The Labute approximate surface area is 118 Å². The van der Waals surface area contributed by atoms with Gasteiger partial charge in [-0.05, 0) is 37.7 Å². The monoisotopic (exact) mass is 263 g/mol. The van der Waals surface area contributed by atoms with E-state index in [2.05, 4.69) is 46.8 Å². The fourth-order valence-corrected chi connectivity index (χ4v) is 2.11. The molecule has 2 nitrogen and oxygen atoms in total. The van der Waals surface area contributed by atoms with Crippen LogP contribution < -0.4 is 10.5 Å². The zero-order chi connectivity index (χ0) is 14.6. The van der Waals surface area contributed by atoms with Gasteiger partial charge in [0.05, 0.1) is 6.61 Å². The molecule has 0 aliphatic rings. The summed E-state index contributed by atoms with van der Waals surface area (Å²) in [5.74, 6) is 1.50. The minimum Gasteiger partial charge on any atom is -0.494 e. The second-order valence-corrected chi connectivity index (χ2v) is 6.58. The third-order valence-electron chi connectivity index (χ3n) is 3.95. The van der Waals surface area contributed by atoms with Crippen molar-refractivity contribution >= 4 is 0 Å². The van der Waals surface area contributed by atoms with Crippen molar-refractivity contribution in [1.82, 2.24) is 0 Å². The molecule has 0 radical (unpaired) electrons. The SMILES string of the molecule is CCOc1ccc(C)cc1C(N)CC(C)C(C)(C)C. The van der Waals surface area contributed by atoms with Crippen molar-refractivity contribution in [2.24, 2.45) is 17.1 Å². The predicted molar refractivity (Wildman–Crippen MR) is 82.5 cm³/mol. The van der Waals surface area contributed by atoms with Gasteiger partial charge in [-0.25, -0.2) is 0 Å². The molecule has 0 fully saturated rings. The third-order valence-corrected chi connectivity index (χ3v) is 3.95. The Morgan fingerprint density at radius 3 is 2.42 bits per heavy atom. The summed E-state index contributed by atoms with van der Waals surface area (Å²) < 4.78 is 5.70. The molecule has 0 amide bonds. The molecule has 0 aromatic heterocycles. The molecule has 2 heteroatoms. The first-order chi connectivity index (χ1) is 8.75. The average molecular weight is 263 g/mol. The normalized spacial score (nSPS) is 15.1. The summed E-state index contributed by atoms with van der Waals surface area (Å²) in [5.41, 5.74) is 9.07. The van der Waals surface area contributed by atoms with Crippen LogP contribution in [0.3, 0.4) is 0 Å². The minimum atomic E-state index is 0.0377. The van der Waals surface area contributed by atoms with Crippen LogP contribution in [0.1, 0.15) is 58.2 Å². The lowest BCUT2D eigenvalue weighted by molar-refractivity contribution is 0.232. The summed E-state index contributed by atoms with van der Waals surface area (Å²) in [5, 5.41) is 0. The molecule has 0 saturated carbocycles. The van der Waals surface area contributed by atoms with E-state index in [1.54, 1.807) is 0 Å². The highest BCUT2D eigenvalue weighted by atomic mass is 16.5. The fourth-order valence-electron chi connectivity index (χ4n) is 2.11. The first kappa shape index (κ1) is 16.0. The molecular formula is C17H29NO. The second-order valence-electron chi connectivity index (χ2n) is 6.58. The summed E-state index contributed by atoms with van der Waals surface area (Å²) in [7, 11) is 0. The smallest absolute Gasteiger partial charge is 0.124 e. The fraction of sp³-hybridized carbons (Fsp3) is 0.647. The number of ether oxygens (including phenoxy) is 1. The summed E-state index contributed by atoms with van der Waals surface area (Å²) >= 11 is 0. The van der Waals surface area contributed by atoms with Crippen molar-refractivity contribution in [2.45, 2.75) is 54.0 Å². The quantitative estimate of drug-likeness (QED) is 0.851. The van der Waals surface area contributed by atoms with Gasteiger partial charge in [0.25, 0.3) is 0 Å². The van der Waals surface area contributed by atoms with E-state index in [1.807, 2.05) is 13.0 Å². The van der Waals surface area contributed by atoms with Gasteiger partial charge < -0.3 is 10.5 Å². The summed E-state index contributed by atoms with van der Waals surface area (Å²) in [4.78, 5) is 0. The van der Waals surface area contributed by atoms with E-state index < -0.39 is 0 Å². The zero-order valence-corrected chi connectivity index (χ0v) is 13.3. The summed E-state index contributed by atoms with van der Waals surface area (Å²) in [6.45, 7) is 13.9. The van der Waals surface area contributed by atoms with E-state index in [-0.39, 0.29) is 11.5 Å². The molecule has 2 unspecified atom stereocenters. The van der Waals surface area contributed by atoms with Crippen LogP contribution in [-0.4, -0.2) is 6.61 Å². The van der Waals surface area contributed by atoms with Gasteiger partial charge in [0.2, 0.25) is 0 Å². The Kier molecular flexibility index (Phi) is 5.42. The van der Waals surface area contributed by atoms with Gasteiger partial charge in [0.15, 0.2) is 0 Å². The van der Waals surface area contributed by atoms with Gasteiger partial charge in [-0.15, -0.1) is 0 Å². The molecule has 0 aliphatic carbocycles. The van der Waals surface area contributed by atoms with Crippen molar-refractivity contribution < 1.29 is 4.74 Å². The highest BCUT2D eigenvalue weighted by molar-refractivity contribution is 5.39. The molecule has 1 aromatic rings. The molecule has 108 valence electrons. The van der Waals surface area contributed by atoms with E-state index in [1.165, 1.54) is 5.56 Å². The number of benzene rings is 1. The first-order valence-corrected chi connectivity index (χ1v) is 7.24. The molecule has 1 aromatic carbocycles. The van der Waals surface area contributed by atoms with Crippen LogP contribution >= 0.6 is 0 Å². The topological polar surface area (TPSA) is 35.2 Å². The lowest BCUT2D eigenvalue weighted by Gasteiger charge is -2.30. The lowest BCUT2D eigenvalue weighted by atomic mass is 9.77. The van der Waals surface area contributed by atoms with Crippen LogP contribution in [0.15, 0.2) is 18.2 Å². The Hall–Kier alpha value is -1.02. The molecule has 0 heterocycles. The van der Waals surface area contributed by atoms with Crippen LogP contribution in [0.25, 0.3) is 0 Å². The zero-order valence-electron chi connectivity index (χ0n) is 13.3. The molecule has 2 N–H and O–H groups in total. The molecular weight excluding hydrogens is 234 g/mol. The lowest BCUT2D eigenvalue weighted by Crippen LogP contribution is -2.23. The third kappa shape index (κ3) is 4.54. The van der Waals surface area contributed by atoms with Gasteiger partial charge in [0.1, 0.15) is 5.75 Å². The average Bonchev–Trinajstić information content (AvgIpc) is 2.30. The minimum absolute atomic E-state index is 0.0377. The van der Waals surface area contributed by atoms with Crippen LogP contribution in [0.5, 0.6) is 5.75 Å². The van der Waals surface area contributed by atoms with E-state index in [9.17, 15) is 0 Å². The van der Waals surface area contributed by atoms with Gasteiger partial charge in [-0.2, -0.15) is 0 Å². The maximum atomic E-state index is 6.41. The Balaban J connectivity index is 2.92. The highest BCUT2D eigenvalue weighted by Crippen LogP contribution is 2.35. The van der Waals surface area contributed by atoms with Gasteiger partial charge in [0, 0.05) is 11.6 Å². The van der Waals surface area contributed by atoms with Gasteiger partial charge >= 0.3 is 0 Å². The van der Waals surface area contributed by atoms with E-state index >= 15 is 0 Å². The van der Waals surface area contributed by atoms with E-state index in [4.69, 9.17) is 10.5 Å². The Morgan fingerprint density at radius 2 is 1.89 bits per heavy atom. The van der Waals surface area contributed by atoms with Gasteiger partial charge in [-0.3, -0.25) is 0 Å². The van der Waals surface area contributed by atoms with Crippen LogP contribution in [0, 0.1) is 18.3 Å². The molecule has 19 heavy (non-hydrogen) atoms. The summed E-state index contributed by atoms with van der Waals surface area (Å²) in [6, 6.07) is 6.31. The molecule has 0 spiro atoms. The van der Waals surface area contributed by atoms with Crippen LogP contribution in [0.2, 0.25) is 0 Å². The molecule has 0 saturated heterocycles. The van der Waals surface area contributed by atoms with Crippen LogP contribution in [-0.2, 0) is 0 Å². The molecule has 0 aliphatic heterocycles. The van der Waals surface area contributed by atoms with Crippen molar-refractivity contribution in [2.75, 3.05) is 6.61 Å².